The van der Waals surface area contributed by atoms with Crippen molar-refractivity contribution in [3.05, 3.63) is 40.6 Å². The molecular weight excluding hydrogens is 421 g/mol. The Balaban J connectivity index is 0.00000264. The molecule has 0 aromatic carbocycles. The number of hydrogen-bond acceptors (Lipinski definition) is 3. The predicted molar refractivity (Wildman–Crippen MR) is 109 cm³/mol. The van der Waals surface area contributed by atoms with Crippen LogP contribution in [0.5, 0.6) is 0 Å². The molecule has 1 atom stereocenters. The molecule has 2 heterocycles. The summed E-state index contributed by atoms with van der Waals surface area (Å²) in [4.78, 5) is 9.83. The minimum atomic E-state index is 0. The highest BCUT2D eigenvalue weighted by molar-refractivity contribution is 14.0. The summed E-state index contributed by atoms with van der Waals surface area (Å²) < 4.78 is 2.19. The van der Waals surface area contributed by atoms with E-state index in [0.29, 0.717) is 0 Å². The third-order valence-corrected chi connectivity index (χ3v) is 4.64. The average molecular weight is 447 g/mol. The number of aromatic nitrogens is 2. The molecule has 5 nitrogen and oxygen atoms in total. The van der Waals surface area contributed by atoms with E-state index < -0.39 is 0 Å². The fourth-order valence-electron chi connectivity index (χ4n) is 2.26. The summed E-state index contributed by atoms with van der Waals surface area (Å²) in [5.74, 6) is 1.94. The van der Waals surface area contributed by atoms with Gasteiger partial charge in [0.25, 0.3) is 0 Å². The third-order valence-electron chi connectivity index (χ3n) is 3.59. The van der Waals surface area contributed by atoms with Gasteiger partial charge in [-0.05, 0) is 38.1 Å². The molecule has 0 fully saturated rings. The number of unbranched alkanes of at least 4 members (excludes halogenated alkanes) is 1. The second kappa shape index (κ2) is 10.6. The Kier molecular flexibility index (Phi) is 9.23. The zero-order chi connectivity index (χ0) is 15.8. The molecule has 0 amide bonds. The third kappa shape index (κ3) is 6.50. The lowest BCUT2D eigenvalue weighted by Gasteiger charge is -2.17. The summed E-state index contributed by atoms with van der Waals surface area (Å²) in [6, 6.07) is 4.50. The maximum atomic E-state index is 4.28. The first-order chi connectivity index (χ1) is 10.7. The van der Waals surface area contributed by atoms with Gasteiger partial charge < -0.3 is 15.2 Å². The highest BCUT2D eigenvalue weighted by atomic mass is 127. The standard InChI is InChI=1S/C16H25N5S.HI/c1-13(15-7-6-12-22-15)20-16(17-3)19-8-4-5-10-21-11-9-18-14(21)2;/h6-7,9,11-13H,4-5,8,10H2,1-3H3,(H2,17,19,20);1H. The van der Waals surface area contributed by atoms with Gasteiger partial charge in [0.1, 0.15) is 5.82 Å². The van der Waals surface area contributed by atoms with Crippen molar-refractivity contribution in [3.8, 4) is 0 Å². The predicted octanol–water partition coefficient (Wildman–Crippen LogP) is 3.58. The number of thiophene rings is 1. The summed E-state index contributed by atoms with van der Waals surface area (Å²) in [7, 11) is 1.81. The van der Waals surface area contributed by atoms with Gasteiger partial charge in [-0.2, -0.15) is 0 Å². The summed E-state index contributed by atoms with van der Waals surface area (Å²) in [6.45, 7) is 6.13. The van der Waals surface area contributed by atoms with Crippen LogP contribution < -0.4 is 10.6 Å². The Morgan fingerprint density at radius 3 is 2.87 bits per heavy atom. The summed E-state index contributed by atoms with van der Waals surface area (Å²) in [5.41, 5.74) is 0. The number of nitrogens with one attached hydrogen (secondary N) is 2. The zero-order valence-electron chi connectivity index (χ0n) is 14.0. The maximum absolute atomic E-state index is 4.28. The Bertz CT molecular complexity index is 579. The van der Waals surface area contributed by atoms with E-state index in [1.54, 1.807) is 11.3 Å². The van der Waals surface area contributed by atoms with E-state index in [0.717, 1.165) is 37.7 Å². The molecule has 0 bridgehead atoms. The van der Waals surface area contributed by atoms with Gasteiger partial charge in [0.2, 0.25) is 0 Å². The first kappa shape index (κ1) is 20.0. The normalized spacial score (nSPS) is 12.6. The lowest BCUT2D eigenvalue weighted by molar-refractivity contribution is 0.585. The number of aryl methyl sites for hydroxylation is 2. The number of guanidine groups is 1. The molecule has 0 radical (unpaired) electrons. The van der Waals surface area contributed by atoms with Crippen molar-refractivity contribution in [2.24, 2.45) is 4.99 Å². The molecule has 0 aliphatic heterocycles. The van der Waals surface area contributed by atoms with Crippen LogP contribution in [0.15, 0.2) is 34.9 Å². The second-order valence-electron chi connectivity index (χ2n) is 5.26. The fraction of sp³-hybridized carbons (Fsp3) is 0.500. The van der Waals surface area contributed by atoms with Gasteiger partial charge in [0.15, 0.2) is 5.96 Å². The van der Waals surface area contributed by atoms with Gasteiger partial charge in [0.05, 0.1) is 6.04 Å². The van der Waals surface area contributed by atoms with Crippen LogP contribution in [0.25, 0.3) is 0 Å². The van der Waals surface area contributed by atoms with Crippen molar-refractivity contribution in [3.63, 3.8) is 0 Å². The number of rotatable bonds is 7. The quantitative estimate of drug-likeness (QED) is 0.295. The van der Waals surface area contributed by atoms with Crippen LogP contribution in [0.1, 0.15) is 36.5 Å². The van der Waals surface area contributed by atoms with Gasteiger partial charge in [-0.25, -0.2) is 4.98 Å². The van der Waals surface area contributed by atoms with Crippen molar-refractivity contribution in [1.82, 2.24) is 20.2 Å². The molecular formula is C16H26IN5S. The molecule has 0 aliphatic rings. The molecule has 0 saturated heterocycles. The molecule has 1 unspecified atom stereocenters. The highest BCUT2D eigenvalue weighted by Gasteiger charge is 2.07. The lowest BCUT2D eigenvalue weighted by Crippen LogP contribution is -2.38. The molecule has 7 heteroatoms. The Hall–Kier alpha value is -1.09. The van der Waals surface area contributed by atoms with Gasteiger partial charge in [-0.3, -0.25) is 4.99 Å². The van der Waals surface area contributed by atoms with Crippen LogP contribution in [0.2, 0.25) is 0 Å². The van der Waals surface area contributed by atoms with E-state index in [1.165, 1.54) is 4.88 Å². The van der Waals surface area contributed by atoms with E-state index in [9.17, 15) is 0 Å². The average Bonchev–Trinajstić information content (AvgIpc) is 3.17. The molecule has 128 valence electrons. The number of aliphatic imine (C=N–C) groups is 1. The monoisotopic (exact) mass is 447 g/mol. The number of imidazole rings is 1. The smallest absolute Gasteiger partial charge is 0.191 e. The molecule has 0 spiro atoms. The Labute approximate surface area is 159 Å². The van der Waals surface area contributed by atoms with Crippen molar-refractivity contribution in [2.75, 3.05) is 13.6 Å². The minimum Gasteiger partial charge on any atom is -0.356 e. The zero-order valence-corrected chi connectivity index (χ0v) is 17.1. The SMILES string of the molecule is CN=C(NCCCCn1ccnc1C)NC(C)c1cccs1.I. The number of nitrogens with zero attached hydrogens (tertiary/aromatic N) is 3. The first-order valence-corrected chi connectivity index (χ1v) is 8.57. The van der Waals surface area contributed by atoms with Crippen molar-refractivity contribution < 1.29 is 0 Å². The van der Waals surface area contributed by atoms with Gasteiger partial charge in [-0.15, -0.1) is 35.3 Å². The molecule has 23 heavy (non-hydrogen) atoms. The van der Waals surface area contributed by atoms with Gasteiger partial charge in [-0.1, -0.05) is 6.07 Å². The summed E-state index contributed by atoms with van der Waals surface area (Å²) in [5, 5.41) is 8.89. The van der Waals surface area contributed by atoms with Crippen molar-refractivity contribution in [2.45, 2.75) is 39.3 Å². The van der Waals surface area contributed by atoms with Crippen LogP contribution in [-0.2, 0) is 6.54 Å². The maximum Gasteiger partial charge on any atom is 0.191 e. The number of halogens is 1. The first-order valence-electron chi connectivity index (χ1n) is 7.69. The van der Waals surface area contributed by atoms with E-state index in [4.69, 9.17) is 0 Å². The van der Waals surface area contributed by atoms with Crippen LogP contribution in [0.3, 0.4) is 0 Å². The molecule has 2 rings (SSSR count). The molecule has 0 saturated carbocycles. The van der Waals surface area contributed by atoms with Crippen LogP contribution in [-0.4, -0.2) is 29.1 Å². The topological polar surface area (TPSA) is 54.2 Å². The largest absolute Gasteiger partial charge is 0.356 e. The van der Waals surface area contributed by atoms with Crippen LogP contribution in [0.4, 0.5) is 0 Å². The van der Waals surface area contributed by atoms with Crippen LogP contribution >= 0.6 is 35.3 Å². The Morgan fingerprint density at radius 2 is 2.26 bits per heavy atom. The van der Waals surface area contributed by atoms with E-state index in [-0.39, 0.29) is 30.0 Å². The number of hydrogen-bond donors (Lipinski definition) is 2. The minimum absolute atomic E-state index is 0. The van der Waals surface area contributed by atoms with Crippen molar-refractivity contribution in [1.29, 1.82) is 0 Å². The Morgan fingerprint density at radius 1 is 1.43 bits per heavy atom. The molecule has 0 aliphatic carbocycles. The summed E-state index contributed by atoms with van der Waals surface area (Å²) in [6.07, 6.45) is 6.12. The molecule has 2 aromatic rings. The summed E-state index contributed by atoms with van der Waals surface area (Å²) >= 11 is 1.76. The fourth-order valence-corrected chi connectivity index (χ4v) is 3.00. The van der Waals surface area contributed by atoms with Gasteiger partial charge >= 0.3 is 0 Å². The molecule has 2 N–H and O–H groups in total. The lowest BCUT2D eigenvalue weighted by atomic mass is 10.3. The van der Waals surface area contributed by atoms with E-state index >= 15 is 0 Å². The van der Waals surface area contributed by atoms with E-state index in [1.807, 2.05) is 26.4 Å². The molecule has 2 aromatic heterocycles. The van der Waals surface area contributed by atoms with Crippen molar-refractivity contribution >= 4 is 41.3 Å². The second-order valence-corrected chi connectivity index (χ2v) is 6.23. The van der Waals surface area contributed by atoms with E-state index in [2.05, 4.69) is 49.6 Å². The van der Waals surface area contributed by atoms with Crippen LogP contribution in [0, 0.1) is 6.92 Å². The highest BCUT2D eigenvalue weighted by Crippen LogP contribution is 2.17. The van der Waals surface area contributed by atoms with Gasteiger partial charge in [0, 0.05) is 37.4 Å².